The van der Waals surface area contributed by atoms with Crippen LogP contribution in [0.1, 0.15) is 52.1 Å². The molecule has 7 heteroatoms. The van der Waals surface area contributed by atoms with E-state index >= 15 is 0 Å². The standard InChI is InChI=1S/C23H30N4O3/c1-5-17(6-2)14-29-23(28)18(11-24)21-22(27-12-15(3)30-16(4)13-27)26-20-10-8-7-9-19(20)25-21/h7-10,15-18H,5-6,12-14H2,1-4H3/t15-,16+,18-/m0/s1. The highest BCUT2D eigenvalue weighted by Gasteiger charge is 2.33. The Kier molecular flexibility index (Phi) is 7.22. The number of fused-ring (bicyclic) bond motifs is 1. The summed E-state index contributed by atoms with van der Waals surface area (Å²) in [5.74, 6) is -0.845. The summed E-state index contributed by atoms with van der Waals surface area (Å²) in [6.07, 6.45) is 1.87. The van der Waals surface area contributed by atoms with Crippen molar-refractivity contribution in [2.45, 2.75) is 58.7 Å². The topological polar surface area (TPSA) is 88.3 Å². The zero-order valence-electron chi connectivity index (χ0n) is 18.2. The maximum absolute atomic E-state index is 12.9. The van der Waals surface area contributed by atoms with Crippen LogP contribution in [-0.2, 0) is 14.3 Å². The molecule has 3 rings (SSSR count). The number of rotatable bonds is 7. The van der Waals surface area contributed by atoms with Crippen molar-refractivity contribution in [3.8, 4) is 6.07 Å². The predicted molar refractivity (Wildman–Crippen MR) is 115 cm³/mol. The largest absolute Gasteiger partial charge is 0.464 e. The zero-order valence-corrected chi connectivity index (χ0v) is 18.2. The van der Waals surface area contributed by atoms with Crippen molar-refractivity contribution in [3.05, 3.63) is 30.0 Å². The highest BCUT2D eigenvalue weighted by Crippen LogP contribution is 2.30. The fraction of sp³-hybridized carbons (Fsp3) is 0.565. The van der Waals surface area contributed by atoms with Gasteiger partial charge < -0.3 is 14.4 Å². The zero-order chi connectivity index (χ0) is 21.7. The maximum atomic E-state index is 12.9. The van der Waals surface area contributed by atoms with Crippen LogP contribution in [0.25, 0.3) is 11.0 Å². The van der Waals surface area contributed by atoms with Crippen LogP contribution in [0.4, 0.5) is 5.82 Å². The lowest BCUT2D eigenvalue weighted by Crippen LogP contribution is -2.46. The number of ether oxygens (including phenoxy) is 2. The second-order valence-corrected chi connectivity index (χ2v) is 7.96. The number of hydrogen-bond donors (Lipinski definition) is 0. The van der Waals surface area contributed by atoms with Crippen molar-refractivity contribution in [1.29, 1.82) is 5.26 Å². The van der Waals surface area contributed by atoms with Gasteiger partial charge in [0.2, 0.25) is 0 Å². The van der Waals surface area contributed by atoms with Crippen molar-refractivity contribution in [2.24, 2.45) is 5.92 Å². The molecule has 3 atom stereocenters. The fourth-order valence-corrected chi connectivity index (χ4v) is 3.81. The first kappa shape index (κ1) is 22.0. The molecular formula is C23H30N4O3. The van der Waals surface area contributed by atoms with Gasteiger partial charge >= 0.3 is 5.97 Å². The molecule has 0 aliphatic carbocycles. The molecule has 0 radical (unpaired) electrons. The Morgan fingerprint density at radius 3 is 2.37 bits per heavy atom. The van der Waals surface area contributed by atoms with Crippen molar-refractivity contribution in [1.82, 2.24) is 9.97 Å². The lowest BCUT2D eigenvalue weighted by molar-refractivity contribution is -0.145. The van der Waals surface area contributed by atoms with Crippen molar-refractivity contribution >= 4 is 22.8 Å². The van der Waals surface area contributed by atoms with Gasteiger partial charge in [-0.15, -0.1) is 0 Å². The minimum Gasteiger partial charge on any atom is -0.464 e. The number of nitrogens with zero attached hydrogens (tertiary/aromatic N) is 4. The van der Waals surface area contributed by atoms with Crippen LogP contribution < -0.4 is 4.90 Å². The molecule has 2 aromatic rings. The number of anilines is 1. The lowest BCUT2D eigenvalue weighted by Gasteiger charge is -2.37. The summed E-state index contributed by atoms with van der Waals surface area (Å²) in [6, 6.07) is 9.60. The first-order chi connectivity index (χ1) is 14.5. The molecule has 0 bridgehead atoms. The Morgan fingerprint density at radius 2 is 1.80 bits per heavy atom. The highest BCUT2D eigenvalue weighted by atomic mass is 16.5. The highest BCUT2D eigenvalue weighted by molar-refractivity contribution is 5.85. The van der Waals surface area contributed by atoms with Gasteiger partial charge in [-0.25, -0.2) is 9.97 Å². The van der Waals surface area contributed by atoms with Gasteiger partial charge in [-0.1, -0.05) is 38.8 Å². The quantitative estimate of drug-likeness (QED) is 0.641. The Bertz CT molecular complexity index is 912. The van der Waals surface area contributed by atoms with E-state index in [9.17, 15) is 10.1 Å². The molecule has 1 saturated heterocycles. The van der Waals surface area contributed by atoms with Crippen LogP contribution in [0.5, 0.6) is 0 Å². The molecule has 2 heterocycles. The number of hydrogen-bond acceptors (Lipinski definition) is 7. The van der Waals surface area contributed by atoms with E-state index < -0.39 is 11.9 Å². The van der Waals surface area contributed by atoms with Crippen LogP contribution in [0, 0.1) is 17.2 Å². The van der Waals surface area contributed by atoms with Gasteiger partial charge in [-0.3, -0.25) is 4.79 Å². The summed E-state index contributed by atoms with van der Waals surface area (Å²) >= 11 is 0. The van der Waals surface area contributed by atoms with Gasteiger partial charge in [0, 0.05) is 13.1 Å². The van der Waals surface area contributed by atoms with E-state index in [4.69, 9.17) is 19.4 Å². The number of para-hydroxylation sites is 2. The SMILES string of the molecule is CCC(CC)COC(=O)[C@@H](C#N)c1nc2ccccc2nc1N1C[C@@H](C)O[C@@H](C)C1. The summed E-state index contributed by atoms with van der Waals surface area (Å²) in [7, 11) is 0. The summed E-state index contributed by atoms with van der Waals surface area (Å²) in [5, 5.41) is 9.87. The van der Waals surface area contributed by atoms with Crippen LogP contribution in [0.15, 0.2) is 24.3 Å². The van der Waals surface area contributed by atoms with E-state index in [0.29, 0.717) is 36.7 Å². The molecule has 0 spiro atoms. The van der Waals surface area contributed by atoms with Gasteiger partial charge in [-0.05, 0) is 31.9 Å². The van der Waals surface area contributed by atoms with Crippen LogP contribution in [0.2, 0.25) is 0 Å². The third-order valence-corrected chi connectivity index (χ3v) is 5.55. The number of carbonyl (C=O) groups is 1. The third-order valence-electron chi connectivity index (χ3n) is 5.55. The third kappa shape index (κ3) is 4.88. The van der Waals surface area contributed by atoms with Gasteiger partial charge in [0.25, 0.3) is 0 Å². The van der Waals surface area contributed by atoms with E-state index in [1.807, 2.05) is 38.1 Å². The second-order valence-electron chi connectivity index (χ2n) is 7.96. The van der Waals surface area contributed by atoms with Gasteiger partial charge in [0.15, 0.2) is 11.7 Å². The normalized spacial score (nSPS) is 20.2. The lowest BCUT2D eigenvalue weighted by atomic mass is 10.0. The van der Waals surface area contributed by atoms with Crippen molar-refractivity contribution < 1.29 is 14.3 Å². The van der Waals surface area contributed by atoms with Gasteiger partial charge in [0.1, 0.15) is 5.69 Å². The van der Waals surface area contributed by atoms with Crippen LogP contribution in [0.3, 0.4) is 0 Å². The van der Waals surface area contributed by atoms with Crippen molar-refractivity contribution in [3.63, 3.8) is 0 Å². The molecule has 7 nitrogen and oxygen atoms in total. The molecule has 0 N–H and O–H groups in total. The monoisotopic (exact) mass is 410 g/mol. The van der Waals surface area contributed by atoms with Gasteiger partial charge in [0.05, 0.1) is 35.9 Å². The molecule has 1 aromatic carbocycles. The van der Waals surface area contributed by atoms with Crippen molar-refractivity contribution in [2.75, 3.05) is 24.6 Å². The Labute approximate surface area is 178 Å². The minimum absolute atomic E-state index is 0.0113. The molecule has 1 aliphatic rings. The number of aromatic nitrogens is 2. The average Bonchev–Trinajstić information content (AvgIpc) is 2.73. The smallest absolute Gasteiger partial charge is 0.329 e. The average molecular weight is 411 g/mol. The first-order valence-electron chi connectivity index (χ1n) is 10.7. The van der Waals surface area contributed by atoms with Crippen LogP contribution >= 0.6 is 0 Å². The number of nitriles is 1. The molecule has 30 heavy (non-hydrogen) atoms. The summed E-state index contributed by atoms with van der Waals surface area (Å²) in [4.78, 5) is 24.4. The maximum Gasteiger partial charge on any atom is 0.329 e. The summed E-state index contributed by atoms with van der Waals surface area (Å²) < 4.78 is 11.4. The predicted octanol–water partition coefficient (Wildman–Crippen LogP) is 3.83. The number of morpholine rings is 1. The molecular weight excluding hydrogens is 380 g/mol. The Hall–Kier alpha value is -2.72. The minimum atomic E-state index is -1.13. The second kappa shape index (κ2) is 9.86. The molecule has 1 fully saturated rings. The molecule has 1 aromatic heterocycles. The molecule has 0 amide bonds. The first-order valence-corrected chi connectivity index (χ1v) is 10.7. The summed E-state index contributed by atoms with van der Waals surface area (Å²) in [5.41, 5.74) is 1.73. The number of benzene rings is 1. The van der Waals surface area contributed by atoms with E-state index in [0.717, 1.165) is 18.4 Å². The Balaban J connectivity index is 1.99. The van der Waals surface area contributed by atoms with Gasteiger partial charge in [-0.2, -0.15) is 5.26 Å². The Morgan fingerprint density at radius 1 is 1.20 bits per heavy atom. The number of carbonyl (C=O) groups excluding carboxylic acids is 1. The van der Waals surface area contributed by atoms with E-state index in [2.05, 4.69) is 24.8 Å². The molecule has 160 valence electrons. The van der Waals surface area contributed by atoms with E-state index in [1.165, 1.54) is 0 Å². The van der Waals surface area contributed by atoms with Crippen LogP contribution in [-0.4, -0.2) is 47.8 Å². The van der Waals surface area contributed by atoms with E-state index in [1.54, 1.807) is 0 Å². The summed E-state index contributed by atoms with van der Waals surface area (Å²) in [6.45, 7) is 9.68. The molecule has 0 saturated carbocycles. The fourth-order valence-electron chi connectivity index (χ4n) is 3.81. The van der Waals surface area contributed by atoms with E-state index in [-0.39, 0.29) is 18.1 Å². The molecule has 1 aliphatic heterocycles. The number of esters is 1. The molecule has 0 unspecified atom stereocenters.